The predicted molar refractivity (Wildman–Crippen MR) is 190 cm³/mol. The highest BCUT2D eigenvalue weighted by Gasteiger charge is 2.15. The molecule has 4 N–H and O–H groups in total. The van der Waals surface area contributed by atoms with E-state index in [4.69, 9.17) is 9.15 Å². The Hall–Kier alpha value is -6.36. The highest BCUT2D eigenvalue weighted by Crippen LogP contribution is 2.21. The van der Waals surface area contributed by atoms with Crippen molar-refractivity contribution >= 4 is 47.8 Å². The maximum Gasteiger partial charge on any atom is 0.488 e. The standard InChI is InChI=1S/C37H32BN5O7/c1-2-3-4-6-11-26-15-29(23-39-20-26)36(45)42-40-21-27-14-28(17-30(16-27)38(47)48)22-41-43-37(46)35-19-33(44)32-13-12-31(18-34(32)50-35)49-24-25-9-7-5-8-10-25/h5,7-10,12-23,47-48H,2-4,24H2,1H3,(H,42,45)(H,43,46)/b40-21+,41-22+. The van der Waals surface area contributed by atoms with Gasteiger partial charge in [0.1, 0.15) is 17.9 Å². The van der Waals surface area contributed by atoms with Crippen LogP contribution in [-0.4, -0.2) is 46.4 Å². The maximum absolute atomic E-state index is 12.8. The van der Waals surface area contributed by atoms with Gasteiger partial charge < -0.3 is 19.2 Å². The highest BCUT2D eigenvalue weighted by molar-refractivity contribution is 6.58. The van der Waals surface area contributed by atoms with Crippen molar-refractivity contribution in [3.63, 3.8) is 0 Å². The number of hydrogen-bond donors (Lipinski definition) is 4. The number of carbonyl (C=O) groups is 2. The van der Waals surface area contributed by atoms with E-state index in [1.54, 1.807) is 30.5 Å². The van der Waals surface area contributed by atoms with E-state index >= 15 is 0 Å². The van der Waals surface area contributed by atoms with Crippen LogP contribution in [0.15, 0.2) is 111 Å². The Kier molecular flexibility index (Phi) is 12.0. The predicted octanol–water partition coefficient (Wildman–Crippen LogP) is 3.52. The third kappa shape index (κ3) is 9.83. The molecule has 0 spiro atoms. The molecule has 0 saturated heterocycles. The van der Waals surface area contributed by atoms with Crippen LogP contribution in [0.3, 0.4) is 0 Å². The van der Waals surface area contributed by atoms with Crippen molar-refractivity contribution in [2.45, 2.75) is 32.8 Å². The molecule has 0 fully saturated rings. The van der Waals surface area contributed by atoms with Gasteiger partial charge in [0, 0.05) is 36.5 Å². The molecule has 5 aromatic rings. The maximum atomic E-state index is 12.8. The summed E-state index contributed by atoms with van der Waals surface area (Å²) < 4.78 is 11.5. The van der Waals surface area contributed by atoms with Crippen molar-refractivity contribution in [2.75, 3.05) is 0 Å². The van der Waals surface area contributed by atoms with Crippen molar-refractivity contribution < 1.29 is 28.8 Å². The fourth-order valence-corrected chi connectivity index (χ4v) is 4.59. The van der Waals surface area contributed by atoms with Crippen LogP contribution in [0.4, 0.5) is 0 Å². The van der Waals surface area contributed by atoms with E-state index in [0.717, 1.165) is 30.9 Å². The Labute approximate surface area is 287 Å². The first-order valence-corrected chi connectivity index (χ1v) is 15.7. The Morgan fingerprint density at radius 3 is 2.40 bits per heavy atom. The second-order valence-corrected chi connectivity index (χ2v) is 11.0. The van der Waals surface area contributed by atoms with Crippen LogP contribution in [0.1, 0.15) is 69.4 Å². The van der Waals surface area contributed by atoms with Gasteiger partial charge in [-0.05, 0) is 52.8 Å². The summed E-state index contributed by atoms with van der Waals surface area (Å²) in [5.41, 5.74) is 7.17. The third-order valence-corrected chi connectivity index (χ3v) is 7.12. The normalized spacial score (nSPS) is 10.9. The molecule has 5 rings (SSSR count). The Bertz CT molecular complexity index is 2170. The van der Waals surface area contributed by atoms with E-state index in [1.807, 2.05) is 30.3 Å². The van der Waals surface area contributed by atoms with Crippen molar-refractivity contribution in [3.05, 3.63) is 135 Å². The number of rotatable bonds is 12. The minimum Gasteiger partial charge on any atom is -0.489 e. The largest absolute Gasteiger partial charge is 0.489 e. The lowest BCUT2D eigenvalue weighted by Gasteiger charge is -2.08. The quantitative estimate of drug-likeness (QED) is 0.0513. The van der Waals surface area contributed by atoms with Crippen LogP contribution in [0, 0.1) is 11.8 Å². The number of benzene rings is 3. The summed E-state index contributed by atoms with van der Waals surface area (Å²) in [6.07, 6.45) is 8.33. The molecular formula is C37H32BN5O7. The fraction of sp³-hybridized carbons (Fsp3) is 0.135. The zero-order valence-corrected chi connectivity index (χ0v) is 27.0. The topological polar surface area (TPSA) is 176 Å². The van der Waals surface area contributed by atoms with Gasteiger partial charge in [-0.25, -0.2) is 10.9 Å². The molecule has 50 heavy (non-hydrogen) atoms. The first-order chi connectivity index (χ1) is 24.3. The van der Waals surface area contributed by atoms with Gasteiger partial charge in [-0.15, -0.1) is 0 Å². The molecule has 13 heteroatoms. The van der Waals surface area contributed by atoms with Crippen molar-refractivity contribution in [3.8, 4) is 17.6 Å². The molecule has 12 nitrogen and oxygen atoms in total. The number of nitrogens with one attached hydrogen (secondary N) is 2. The molecule has 3 aromatic carbocycles. The van der Waals surface area contributed by atoms with E-state index in [9.17, 15) is 24.4 Å². The number of pyridine rings is 1. The molecule has 0 saturated carbocycles. The van der Waals surface area contributed by atoms with Crippen molar-refractivity contribution in [1.29, 1.82) is 0 Å². The Balaban J connectivity index is 1.24. The summed E-state index contributed by atoms with van der Waals surface area (Å²) in [6, 6.07) is 21.5. The number of nitrogens with zero attached hydrogens (tertiary/aromatic N) is 3. The number of fused-ring (bicyclic) bond motifs is 1. The van der Waals surface area contributed by atoms with E-state index < -0.39 is 24.4 Å². The van der Waals surface area contributed by atoms with Crippen molar-refractivity contribution in [2.24, 2.45) is 10.2 Å². The summed E-state index contributed by atoms with van der Waals surface area (Å²) in [5.74, 6) is 4.94. The van der Waals surface area contributed by atoms with E-state index in [1.165, 1.54) is 36.8 Å². The van der Waals surface area contributed by atoms with Gasteiger partial charge in [-0.2, -0.15) is 10.2 Å². The molecule has 0 aliphatic carbocycles. The van der Waals surface area contributed by atoms with Crippen LogP contribution in [0.25, 0.3) is 11.0 Å². The first-order valence-electron chi connectivity index (χ1n) is 15.7. The second-order valence-electron chi connectivity index (χ2n) is 11.0. The molecule has 2 heterocycles. The van der Waals surface area contributed by atoms with Gasteiger partial charge in [0.05, 0.1) is 23.4 Å². The summed E-state index contributed by atoms with van der Waals surface area (Å²) in [5, 5.41) is 27.8. The smallest absolute Gasteiger partial charge is 0.488 e. The lowest BCUT2D eigenvalue weighted by molar-refractivity contribution is 0.0926. The Morgan fingerprint density at radius 1 is 0.940 bits per heavy atom. The van der Waals surface area contributed by atoms with E-state index in [2.05, 4.69) is 44.8 Å². The molecule has 0 aliphatic rings. The lowest BCUT2D eigenvalue weighted by Crippen LogP contribution is -2.30. The monoisotopic (exact) mass is 669 g/mol. The van der Waals surface area contributed by atoms with Crippen LogP contribution in [0.5, 0.6) is 5.75 Å². The van der Waals surface area contributed by atoms with Gasteiger partial charge in [0.15, 0.2) is 11.2 Å². The number of hydrogen-bond acceptors (Lipinski definition) is 10. The van der Waals surface area contributed by atoms with Crippen LogP contribution < -0.4 is 26.5 Å². The molecule has 2 aromatic heterocycles. The lowest BCUT2D eigenvalue weighted by atomic mass is 9.79. The average molecular weight is 670 g/mol. The average Bonchev–Trinajstić information content (AvgIpc) is 3.12. The van der Waals surface area contributed by atoms with Gasteiger partial charge in [0.25, 0.3) is 5.91 Å². The molecule has 0 aliphatic heterocycles. The molecule has 0 radical (unpaired) electrons. The number of unbranched alkanes of at least 4 members (excludes halogenated alkanes) is 2. The summed E-state index contributed by atoms with van der Waals surface area (Å²) in [6.45, 7) is 2.39. The molecule has 0 atom stereocenters. The highest BCUT2D eigenvalue weighted by atomic mass is 16.5. The number of carbonyl (C=O) groups excluding carboxylic acids is 2. The molecule has 0 unspecified atom stereocenters. The minimum absolute atomic E-state index is 0.109. The van der Waals surface area contributed by atoms with E-state index in [-0.39, 0.29) is 27.8 Å². The van der Waals surface area contributed by atoms with Gasteiger partial charge in [0.2, 0.25) is 0 Å². The molecule has 2 amide bonds. The molecule has 250 valence electrons. The number of aromatic nitrogens is 1. The summed E-state index contributed by atoms with van der Waals surface area (Å²) in [7, 11) is -1.82. The third-order valence-electron chi connectivity index (χ3n) is 7.12. The van der Waals surface area contributed by atoms with Crippen LogP contribution in [-0.2, 0) is 6.61 Å². The summed E-state index contributed by atoms with van der Waals surface area (Å²) >= 11 is 0. The number of ether oxygens (including phenoxy) is 1. The van der Waals surface area contributed by atoms with Gasteiger partial charge in [-0.3, -0.25) is 19.4 Å². The van der Waals surface area contributed by atoms with E-state index in [0.29, 0.717) is 29.0 Å². The van der Waals surface area contributed by atoms with Gasteiger partial charge >= 0.3 is 13.0 Å². The minimum atomic E-state index is -1.82. The first kappa shape index (κ1) is 35.0. The second kappa shape index (κ2) is 17.2. The van der Waals surface area contributed by atoms with Crippen molar-refractivity contribution in [1.82, 2.24) is 15.8 Å². The van der Waals surface area contributed by atoms with Crippen LogP contribution in [0.2, 0.25) is 0 Å². The number of amides is 2. The summed E-state index contributed by atoms with van der Waals surface area (Å²) in [4.78, 5) is 42.2. The van der Waals surface area contributed by atoms with Gasteiger partial charge in [-0.1, -0.05) is 67.6 Å². The Morgan fingerprint density at radius 2 is 1.68 bits per heavy atom. The molecule has 0 bridgehead atoms. The molecular weight excluding hydrogens is 637 g/mol. The zero-order valence-electron chi connectivity index (χ0n) is 27.0. The fourth-order valence-electron chi connectivity index (χ4n) is 4.59. The number of hydrazone groups is 2. The zero-order chi connectivity index (χ0) is 35.3. The van der Waals surface area contributed by atoms with Crippen LogP contribution >= 0.6 is 0 Å². The SMILES string of the molecule is CCCCC#Cc1cncc(C(=O)N/N=C/c2cc(/C=N/NC(=O)c3cc(=O)c4ccc(OCc5ccccc5)cc4o3)cc(B(O)O)c2)c1.